The summed E-state index contributed by atoms with van der Waals surface area (Å²) < 4.78 is 0. The molecule has 0 saturated heterocycles. The molecule has 2 heteroatoms. The van der Waals surface area contributed by atoms with Gasteiger partial charge in [0.25, 0.3) is 0 Å². The molecule has 2 aliphatic rings. The summed E-state index contributed by atoms with van der Waals surface area (Å²) >= 11 is 0. The van der Waals surface area contributed by atoms with Gasteiger partial charge in [0.1, 0.15) is 5.75 Å². The first-order valence-electron chi connectivity index (χ1n) is 5.47. The Hall–Kier alpha value is -0.266. The van der Waals surface area contributed by atoms with Crippen molar-refractivity contribution < 1.29 is 26.8 Å². The summed E-state index contributed by atoms with van der Waals surface area (Å²) in [5.41, 5.74) is 0. The van der Waals surface area contributed by atoms with Gasteiger partial charge in [-0.25, -0.2) is 0 Å². The quantitative estimate of drug-likeness (QED) is 0.717. The summed E-state index contributed by atoms with van der Waals surface area (Å²) in [7, 11) is 0. The average Bonchev–Trinajstić information content (AvgIpc) is 3.09. The number of phenolic OH excluding ortho intramolecular Hbond substituents is 1. The molecule has 0 aromatic heterocycles. The molecule has 1 aromatic carbocycles. The minimum atomic E-state index is 0. The van der Waals surface area contributed by atoms with E-state index in [4.69, 9.17) is 5.11 Å². The molecule has 1 N–H and O–H groups in total. The van der Waals surface area contributed by atoms with E-state index in [0.717, 1.165) is 0 Å². The third kappa shape index (κ3) is 10.9. The SMILES string of the molecule is Oc1ccccc1.[CH]1[CH][CH][CH][CH]1.[CH]1[CH][CH][CH][CH]1.[Ti+4]. The molecule has 0 heterocycles. The fraction of sp³-hybridized carbons (Fsp3) is 0. The zero-order chi connectivity index (χ0) is 12.2. The molecule has 2 aliphatic carbocycles. The maximum atomic E-state index is 8.63. The van der Waals surface area contributed by atoms with Gasteiger partial charge in [-0.1, -0.05) is 18.2 Å². The van der Waals surface area contributed by atoms with Gasteiger partial charge >= 0.3 is 21.7 Å². The molecule has 1 aromatic rings. The van der Waals surface area contributed by atoms with Crippen LogP contribution in [0.1, 0.15) is 0 Å². The van der Waals surface area contributed by atoms with E-state index >= 15 is 0 Å². The van der Waals surface area contributed by atoms with Crippen molar-refractivity contribution in [3.8, 4) is 5.75 Å². The third-order valence-corrected chi connectivity index (χ3v) is 1.87. The van der Waals surface area contributed by atoms with Crippen LogP contribution in [-0.4, -0.2) is 5.11 Å². The molecule has 0 amide bonds. The monoisotopic (exact) mass is 272 g/mol. The molecule has 2 fully saturated rings. The number of rotatable bonds is 0. The van der Waals surface area contributed by atoms with E-state index in [2.05, 4.69) is 0 Å². The van der Waals surface area contributed by atoms with Crippen LogP contribution in [-0.2, 0) is 21.7 Å². The summed E-state index contributed by atoms with van der Waals surface area (Å²) in [5, 5.41) is 8.63. The van der Waals surface area contributed by atoms with E-state index in [9.17, 15) is 0 Å². The normalized spacial score (nSPS) is 16.7. The first-order valence-corrected chi connectivity index (χ1v) is 5.47. The zero-order valence-electron chi connectivity index (χ0n) is 10.1. The second-order valence-corrected chi connectivity index (χ2v) is 3.26. The Morgan fingerprint density at radius 3 is 0.944 bits per heavy atom. The van der Waals surface area contributed by atoms with Gasteiger partial charge < -0.3 is 5.11 Å². The number of aromatic hydroxyl groups is 1. The second-order valence-electron chi connectivity index (χ2n) is 3.26. The summed E-state index contributed by atoms with van der Waals surface area (Å²) in [5.74, 6) is 0.322. The number of benzene rings is 1. The predicted molar refractivity (Wildman–Crippen MR) is 71.1 cm³/mol. The maximum Gasteiger partial charge on any atom is 4.00 e. The first kappa shape index (κ1) is 17.7. The summed E-state index contributed by atoms with van der Waals surface area (Å²) in [6, 6.07) is 8.71. The summed E-state index contributed by atoms with van der Waals surface area (Å²) in [4.78, 5) is 0. The van der Waals surface area contributed by atoms with Crippen LogP contribution in [0, 0.1) is 64.2 Å². The molecule has 10 radical (unpaired) electrons. The molecule has 1 nitrogen and oxygen atoms in total. The average molecular weight is 272 g/mol. The van der Waals surface area contributed by atoms with E-state index in [-0.39, 0.29) is 21.7 Å². The Labute approximate surface area is 127 Å². The Kier molecular flexibility index (Phi) is 13.0. The van der Waals surface area contributed by atoms with Crippen molar-refractivity contribution in [2.24, 2.45) is 0 Å². The van der Waals surface area contributed by atoms with Gasteiger partial charge in [-0.15, -0.1) is 0 Å². The van der Waals surface area contributed by atoms with Gasteiger partial charge in [-0.2, -0.15) is 0 Å². The van der Waals surface area contributed by atoms with Crippen LogP contribution in [0.15, 0.2) is 30.3 Å². The van der Waals surface area contributed by atoms with Crippen LogP contribution < -0.4 is 0 Å². The fourth-order valence-corrected chi connectivity index (χ4v) is 1.07. The van der Waals surface area contributed by atoms with Gasteiger partial charge in [0.15, 0.2) is 0 Å². The van der Waals surface area contributed by atoms with Gasteiger partial charge in [-0.3, -0.25) is 0 Å². The second kappa shape index (κ2) is 13.2. The number of hydrogen-bond donors (Lipinski definition) is 1. The smallest absolute Gasteiger partial charge is 0.508 e. The fourth-order valence-electron chi connectivity index (χ4n) is 1.07. The molecule has 0 atom stereocenters. The molecule has 0 bridgehead atoms. The molecule has 0 unspecified atom stereocenters. The zero-order valence-corrected chi connectivity index (χ0v) is 11.7. The van der Waals surface area contributed by atoms with Crippen molar-refractivity contribution in [2.45, 2.75) is 0 Å². The number of phenols is 1. The molecule has 86 valence electrons. The van der Waals surface area contributed by atoms with Crippen molar-refractivity contribution in [3.63, 3.8) is 0 Å². The maximum absolute atomic E-state index is 8.63. The summed E-state index contributed by atoms with van der Waals surface area (Å²) in [6.07, 6.45) is 20.0. The van der Waals surface area contributed by atoms with Crippen LogP contribution in [0.3, 0.4) is 0 Å². The van der Waals surface area contributed by atoms with Crippen molar-refractivity contribution >= 4 is 0 Å². The van der Waals surface area contributed by atoms with Crippen molar-refractivity contribution in [1.82, 2.24) is 0 Å². The van der Waals surface area contributed by atoms with E-state index in [0.29, 0.717) is 5.75 Å². The molecule has 0 aliphatic heterocycles. The minimum Gasteiger partial charge on any atom is -0.508 e. The van der Waals surface area contributed by atoms with Gasteiger partial charge in [0.2, 0.25) is 0 Å². The van der Waals surface area contributed by atoms with Crippen LogP contribution >= 0.6 is 0 Å². The first-order chi connectivity index (χ1) is 8.39. The van der Waals surface area contributed by atoms with Crippen molar-refractivity contribution in [2.75, 3.05) is 0 Å². The van der Waals surface area contributed by atoms with E-state index in [1.165, 1.54) is 0 Å². The topological polar surface area (TPSA) is 20.2 Å². The van der Waals surface area contributed by atoms with Crippen LogP contribution in [0.2, 0.25) is 0 Å². The Morgan fingerprint density at radius 1 is 0.500 bits per heavy atom. The molecular weight excluding hydrogens is 256 g/mol. The Bertz CT molecular complexity index is 228. The van der Waals surface area contributed by atoms with Crippen LogP contribution in [0.5, 0.6) is 5.75 Å². The van der Waals surface area contributed by atoms with Crippen molar-refractivity contribution in [1.29, 1.82) is 0 Å². The standard InChI is InChI=1S/C6H6O.2C5H5.Ti/c7-6-4-2-1-3-5-6;2*1-2-4-5-3-1;/h1-5,7H;2*1-5H;/q;;;+4. The predicted octanol–water partition coefficient (Wildman–Crippen LogP) is 3.43. The Balaban J connectivity index is 0.000000239. The number of hydrogen-bond acceptors (Lipinski definition) is 1. The largest absolute Gasteiger partial charge is 4.00 e. The van der Waals surface area contributed by atoms with E-state index in [1.54, 1.807) is 24.3 Å². The van der Waals surface area contributed by atoms with Crippen molar-refractivity contribution in [3.05, 3.63) is 94.5 Å². The number of para-hydroxylation sites is 1. The minimum absolute atomic E-state index is 0. The van der Waals surface area contributed by atoms with Gasteiger partial charge in [0.05, 0.1) is 0 Å². The van der Waals surface area contributed by atoms with Gasteiger partial charge in [0, 0.05) is 0 Å². The van der Waals surface area contributed by atoms with Gasteiger partial charge in [-0.05, 0) is 76.3 Å². The molecule has 2 saturated carbocycles. The molecule has 0 spiro atoms. The molecule has 3 rings (SSSR count). The third-order valence-electron chi connectivity index (χ3n) is 1.87. The van der Waals surface area contributed by atoms with E-state index < -0.39 is 0 Å². The van der Waals surface area contributed by atoms with E-state index in [1.807, 2.05) is 70.3 Å². The molecular formula is C16H16OTi+4. The van der Waals surface area contributed by atoms with Crippen LogP contribution in [0.25, 0.3) is 0 Å². The Morgan fingerprint density at radius 2 is 0.778 bits per heavy atom. The van der Waals surface area contributed by atoms with Crippen LogP contribution in [0.4, 0.5) is 0 Å². The summed E-state index contributed by atoms with van der Waals surface area (Å²) in [6.45, 7) is 0. The molecule has 18 heavy (non-hydrogen) atoms.